The van der Waals surface area contributed by atoms with Crippen molar-refractivity contribution in [2.75, 3.05) is 9.80 Å². The van der Waals surface area contributed by atoms with Crippen molar-refractivity contribution < 1.29 is 34.0 Å². The van der Waals surface area contributed by atoms with Crippen molar-refractivity contribution in [3.63, 3.8) is 0 Å². The Morgan fingerprint density at radius 2 is 1.05 bits per heavy atom. The molecule has 13 aromatic rings. The first-order chi connectivity index (χ1) is 42.7. The predicted molar refractivity (Wildman–Crippen MR) is 340 cm³/mol. The quantitative estimate of drug-likeness (QED) is 0.121. The summed E-state index contributed by atoms with van der Waals surface area (Å²) in [4.78, 5) is 9.04. The SMILES string of the molecule is [2H]c1c(Oc2[c-]c3c(cc2-c2ccccc2)c2cc(-c4ccccc4)ccc2n3-c2cc(C([2H])([2H])[2H])c(-c3ccccc3)cn2)[c-]c(N2[CH-]N(c3c(-c4ccc(C(C)(C)C)cc4)cccc3-c3cccc(-c4ccccc4)c3)c3ccccc32)c([2H])c1[2H].[Pt]. The molecule has 0 aliphatic carbocycles. The Morgan fingerprint density at radius 1 is 0.494 bits per heavy atom. The van der Waals surface area contributed by atoms with E-state index < -0.39 is 6.85 Å². The minimum Gasteiger partial charge on any atom is -0.509 e. The smallest absolute Gasteiger partial charge is 0.135 e. The van der Waals surface area contributed by atoms with Crippen LogP contribution in [0, 0.1) is 25.7 Å². The van der Waals surface area contributed by atoms with Crippen LogP contribution in [0.5, 0.6) is 11.5 Å². The Kier molecular flexibility index (Phi) is 12.3. The molecule has 83 heavy (non-hydrogen) atoms. The van der Waals surface area contributed by atoms with Crippen LogP contribution in [0.15, 0.2) is 267 Å². The fraction of sp³-hybridized carbons (Fsp3) is 0.0649. The van der Waals surface area contributed by atoms with E-state index >= 15 is 0 Å². The third kappa shape index (κ3) is 10.0. The number of anilines is 4. The second kappa shape index (κ2) is 22.1. The number of fused-ring (bicyclic) bond motifs is 4. The topological polar surface area (TPSA) is 33.5 Å². The summed E-state index contributed by atoms with van der Waals surface area (Å²) < 4.78 is 64.1. The van der Waals surface area contributed by atoms with Gasteiger partial charge in [0.25, 0.3) is 0 Å². The summed E-state index contributed by atoms with van der Waals surface area (Å²) in [6, 6.07) is 87.5. The van der Waals surface area contributed by atoms with Crippen LogP contribution in [-0.2, 0) is 26.5 Å². The van der Waals surface area contributed by atoms with Crippen LogP contribution in [-0.4, -0.2) is 9.55 Å². The standard InChI is InChI=1S/C77H57N4O.Pt/c1-52-44-75(78-50-69(52)56-28-15-8-16-29-56)81-70-43-40-59(54-24-11-6-12-25-54)46-67(70)68-48-66(55-26-13-7-14-27-55)74(49-73(68)81)82-63-33-20-32-62(47-63)79-51-80(72-37-18-17-36-71(72)79)76-64(57-38-41-61(42-39-57)77(2,3)4)34-21-35-65(76)60-31-19-30-58(45-60)53-22-9-5-10-23-53;/h5-46,48,50-51H,1-4H3;/q-3;/i1D3,20D,32D,33D;. The predicted octanol–water partition coefficient (Wildman–Crippen LogP) is 20.6. The molecule has 1 aliphatic rings. The van der Waals surface area contributed by atoms with E-state index in [9.17, 15) is 4.11 Å². The number of aryl methyl sites for hydroxylation is 1. The first-order valence-electron chi connectivity index (χ1n) is 30.5. The monoisotopic (exact) mass is 1250 g/mol. The molecule has 1 aliphatic heterocycles. The third-order valence-corrected chi connectivity index (χ3v) is 15.5. The van der Waals surface area contributed by atoms with E-state index in [-0.39, 0.29) is 67.4 Å². The molecule has 6 heteroatoms. The molecule has 0 atom stereocenters. The summed E-state index contributed by atoms with van der Waals surface area (Å²) in [6.07, 6.45) is 1.63. The van der Waals surface area contributed by atoms with Crippen molar-refractivity contribution in [1.82, 2.24) is 9.55 Å². The van der Waals surface area contributed by atoms with Gasteiger partial charge in [0, 0.05) is 83.5 Å². The molecule has 11 aromatic carbocycles. The first kappa shape index (κ1) is 46.1. The number of hydrogen-bond acceptors (Lipinski definition) is 4. The van der Waals surface area contributed by atoms with Gasteiger partial charge in [0.1, 0.15) is 5.82 Å². The second-order valence-electron chi connectivity index (χ2n) is 21.6. The molecule has 0 bridgehead atoms. The van der Waals surface area contributed by atoms with Crippen LogP contribution in [0.2, 0.25) is 0 Å². The average Bonchev–Trinajstić information content (AvgIpc) is 3.07. The number of para-hydroxylation sites is 3. The van der Waals surface area contributed by atoms with Crippen molar-refractivity contribution in [2.24, 2.45) is 0 Å². The number of ether oxygens (including phenoxy) is 1. The third-order valence-electron chi connectivity index (χ3n) is 15.5. The number of hydrogen-bond donors (Lipinski definition) is 0. The van der Waals surface area contributed by atoms with Crippen LogP contribution in [0.25, 0.3) is 94.4 Å². The summed E-state index contributed by atoms with van der Waals surface area (Å²) in [7, 11) is 0. The van der Waals surface area contributed by atoms with Gasteiger partial charge in [0.2, 0.25) is 0 Å². The number of pyridine rings is 1. The fourth-order valence-electron chi connectivity index (χ4n) is 11.3. The first-order valence-corrected chi connectivity index (χ1v) is 27.5. The van der Waals surface area contributed by atoms with Crippen molar-refractivity contribution in [3.8, 4) is 84.1 Å². The van der Waals surface area contributed by atoms with Crippen LogP contribution in [0.1, 0.15) is 40.1 Å². The minimum absolute atomic E-state index is 0. The van der Waals surface area contributed by atoms with Crippen molar-refractivity contribution in [3.05, 3.63) is 297 Å². The van der Waals surface area contributed by atoms with E-state index in [4.69, 9.17) is 13.8 Å². The normalized spacial score (nSPS) is 13.3. The number of nitrogens with zero attached hydrogens (tertiary/aromatic N) is 4. The van der Waals surface area contributed by atoms with Gasteiger partial charge in [-0.25, -0.2) is 4.98 Å². The molecule has 0 radical (unpaired) electrons. The van der Waals surface area contributed by atoms with Crippen LogP contribution in [0.3, 0.4) is 0 Å². The van der Waals surface area contributed by atoms with E-state index in [2.05, 4.69) is 153 Å². The van der Waals surface area contributed by atoms with Crippen LogP contribution in [0.4, 0.5) is 22.7 Å². The van der Waals surface area contributed by atoms with Gasteiger partial charge in [-0.15, -0.1) is 42.0 Å². The molecule has 0 amide bonds. The molecule has 404 valence electrons. The molecule has 2 aromatic heterocycles. The molecule has 14 rings (SSSR count). The summed E-state index contributed by atoms with van der Waals surface area (Å²) in [5.41, 5.74) is 16.2. The zero-order valence-corrected chi connectivity index (χ0v) is 48.0. The second-order valence-corrected chi connectivity index (χ2v) is 21.6. The zero-order chi connectivity index (χ0) is 60.4. The molecular weight excluding hydrogens is 1190 g/mol. The molecule has 0 spiro atoms. The van der Waals surface area contributed by atoms with Gasteiger partial charge in [0.15, 0.2) is 0 Å². The van der Waals surface area contributed by atoms with Gasteiger partial charge in [-0.1, -0.05) is 244 Å². The van der Waals surface area contributed by atoms with Gasteiger partial charge in [-0.05, 0) is 101 Å². The van der Waals surface area contributed by atoms with Crippen molar-refractivity contribution in [1.29, 1.82) is 0 Å². The molecule has 0 fully saturated rings. The van der Waals surface area contributed by atoms with E-state index in [1.54, 1.807) is 12.3 Å². The van der Waals surface area contributed by atoms with Gasteiger partial charge < -0.3 is 19.1 Å². The van der Waals surface area contributed by atoms with E-state index in [1.165, 1.54) is 5.56 Å². The summed E-state index contributed by atoms with van der Waals surface area (Å²) in [5, 5.41) is 1.66. The Bertz CT molecular complexity index is 4800. The average molecular weight is 1260 g/mol. The van der Waals surface area contributed by atoms with Gasteiger partial charge in [-0.2, -0.15) is 12.1 Å². The summed E-state index contributed by atoms with van der Waals surface area (Å²) in [5.74, 6) is 0.491. The summed E-state index contributed by atoms with van der Waals surface area (Å²) in [6.45, 7) is 6.10. The van der Waals surface area contributed by atoms with E-state index in [1.807, 2.05) is 137 Å². The van der Waals surface area contributed by atoms with Crippen LogP contribution >= 0.6 is 0 Å². The summed E-state index contributed by atoms with van der Waals surface area (Å²) >= 11 is 0. The van der Waals surface area contributed by atoms with E-state index in [0.717, 1.165) is 89.0 Å². The molecule has 0 saturated carbocycles. The Morgan fingerprint density at radius 3 is 1.71 bits per heavy atom. The number of benzene rings is 11. The Balaban J connectivity index is 0.00000729. The Hall–Kier alpha value is -9.54. The molecule has 0 N–H and O–H groups in total. The largest absolute Gasteiger partial charge is 0.509 e. The van der Waals surface area contributed by atoms with Crippen molar-refractivity contribution >= 4 is 44.6 Å². The molecule has 5 nitrogen and oxygen atoms in total. The van der Waals surface area contributed by atoms with Crippen LogP contribution < -0.4 is 14.5 Å². The maximum absolute atomic E-state index is 9.67. The maximum Gasteiger partial charge on any atom is 0.135 e. The van der Waals surface area contributed by atoms with Crippen molar-refractivity contribution in [2.45, 2.75) is 33.0 Å². The molecule has 0 unspecified atom stereocenters. The van der Waals surface area contributed by atoms with E-state index in [0.29, 0.717) is 22.5 Å². The zero-order valence-electron chi connectivity index (χ0n) is 51.8. The minimum atomic E-state index is -2.50. The fourth-order valence-corrected chi connectivity index (χ4v) is 11.3. The molecule has 3 heterocycles. The molecular formula is C77H57N4OPt-3. The molecule has 0 saturated heterocycles. The van der Waals surface area contributed by atoms with Gasteiger partial charge >= 0.3 is 0 Å². The van der Waals surface area contributed by atoms with Gasteiger partial charge in [0.05, 0.1) is 0 Å². The maximum atomic E-state index is 9.67. The number of aromatic nitrogens is 2. The number of rotatable bonds is 11. The van der Waals surface area contributed by atoms with Gasteiger partial charge in [-0.3, -0.25) is 0 Å². The Labute approximate surface area is 509 Å².